The summed E-state index contributed by atoms with van der Waals surface area (Å²) in [5, 5.41) is 23.1. The van der Waals surface area contributed by atoms with Gasteiger partial charge in [-0.2, -0.15) is 9.97 Å². The van der Waals surface area contributed by atoms with E-state index in [0.717, 1.165) is 43.0 Å². The van der Waals surface area contributed by atoms with E-state index in [0.29, 0.717) is 36.5 Å². The van der Waals surface area contributed by atoms with E-state index in [1.807, 2.05) is 24.3 Å². The largest absolute Gasteiger partial charge is 0.508 e. The zero-order valence-electron chi connectivity index (χ0n) is 23.7. The van der Waals surface area contributed by atoms with Gasteiger partial charge in [-0.25, -0.2) is 4.39 Å². The molecule has 0 spiro atoms. The van der Waals surface area contributed by atoms with Crippen molar-refractivity contribution in [2.45, 2.75) is 50.0 Å². The molecular formula is C32H35FN6O3. The Labute approximate surface area is 243 Å². The standard InChI is InChI=1S/C32H35FN6O3/c1-3-27(41)39-20-10-11-21(39)17-38(16-20)31-26-15-34-29(25-14-23(40)13-19-7-4-5-9-24(19)25)28(33)30(26)35-32(36-31)42-18-22-8-6-12-37(22)2/h3-5,7,9,13-15,20-22,27,40-41H,1,6,8,10-12,16-18H2,2H3/t20?,21?,22-,27?/m0/s1. The van der Waals surface area contributed by atoms with Crippen molar-refractivity contribution in [3.8, 4) is 23.0 Å². The van der Waals surface area contributed by atoms with Gasteiger partial charge >= 0.3 is 6.01 Å². The number of aliphatic hydroxyl groups excluding tert-OH is 1. The third kappa shape index (κ3) is 4.63. The fraction of sp³-hybridized carbons (Fsp3) is 0.406. The van der Waals surface area contributed by atoms with Gasteiger partial charge in [0.15, 0.2) is 5.82 Å². The molecule has 2 N–H and O–H groups in total. The lowest BCUT2D eigenvalue weighted by atomic mass is 10.00. The minimum Gasteiger partial charge on any atom is -0.508 e. The van der Waals surface area contributed by atoms with Crippen LogP contribution in [0, 0.1) is 5.82 Å². The average Bonchev–Trinajstić information content (AvgIpc) is 3.53. The van der Waals surface area contributed by atoms with Crippen molar-refractivity contribution in [1.29, 1.82) is 0 Å². The number of phenolic OH excluding ortho intramolecular Hbond substituents is 1. The number of aromatic hydroxyl groups is 1. The van der Waals surface area contributed by atoms with Gasteiger partial charge in [0, 0.05) is 43.0 Å². The summed E-state index contributed by atoms with van der Waals surface area (Å²) >= 11 is 0. The van der Waals surface area contributed by atoms with Gasteiger partial charge in [0.25, 0.3) is 0 Å². The first kappa shape index (κ1) is 27.0. The molecule has 3 aliphatic rings. The normalized spacial score (nSPS) is 23.6. The summed E-state index contributed by atoms with van der Waals surface area (Å²) in [6, 6.07) is 11.3. The van der Waals surface area contributed by atoms with Gasteiger partial charge in [0.05, 0.1) is 5.39 Å². The third-order valence-electron chi connectivity index (χ3n) is 9.18. The average molecular weight is 571 g/mol. The monoisotopic (exact) mass is 570 g/mol. The highest BCUT2D eigenvalue weighted by molar-refractivity contribution is 5.99. The van der Waals surface area contributed by atoms with Crippen LogP contribution in [0.3, 0.4) is 0 Å². The summed E-state index contributed by atoms with van der Waals surface area (Å²) in [7, 11) is 2.08. The number of fused-ring (bicyclic) bond motifs is 4. The van der Waals surface area contributed by atoms with Gasteiger partial charge in [0.2, 0.25) is 0 Å². The number of pyridine rings is 1. The fourth-order valence-electron chi connectivity index (χ4n) is 7.03. The summed E-state index contributed by atoms with van der Waals surface area (Å²) in [5.41, 5.74) is 0.734. The Balaban J connectivity index is 1.33. The maximum absolute atomic E-state index is 16.6. The molecular weight excluding hydrogens is 535 g/mol. The molecule has 5 heterocycles. The lowest BCUT2D eigenvalue weighted by molar-refractivity contribution is -0.00258. The Morgan fingerprint density at radius 1 is 1.12 bits per heavy atom. The van der Waals surface area contributed by atoms with Crippen molar-refractivity contribution in [2.75, 3.05) is 38.2 Å². The van der Waals surface area contributed by atoms with Crippen LogP contribution in [0.1, 0.15) is 25.7 Å². The molecule has 0 aliphatic carbocycles. The van der Waals surface area contributed by atoms with Crippen LogP contribution in [0.4, 0.5) is 10.2 Å². The molecule has 3 unspecified atom stereocenters. The molecule has 4 aromatic rings. The summed E-state index contributed by atoms with van der Waals surface area (Å²) < 4.78 is 22.7. The highest BCUT2D eigenvalue weighted by Crippen LogP contribution is 2.39. The smallest absolute Gasteiger partial charge is 0.319 e. The van der Waals surface area contributed by atoms with Gasteiger partial charge in [-0.05, 0) is 68.3 Å². The molecule has 218 valence electrons. The number of aromatic nitrogens is 3. The summed E-state index contributed by atoms with van der Waals surface area (Å²) in [4.78, 5) is 20.5. The predicted octanol–water partition coefficient (Wildman–Crippen LogP) is 4.32. The highest BCUT2D eigenvalue weighted by Gasteiger charge is 2.43. The number of likely N-dealkylation sites (tertiary alicyclic amines) is 1. The Morgan fingerprint density at radius 3 is 2.64 bits per heavy atom. The summed E-state index contributed by atoms with van der Waals surface area (Å²) in [6.45, 7) is 6.46. The molecule has 2 aromatic heterocycles. The highest BCUT2D eigenvalue weighted by atomic mass is 19.1. The molecule has 7 rings (SSSR count). The second-order valence-corrected chi connectivity index (χ2v) is 11.7. The number of phenols is 1. The lowest BCUT2D eigenvalue weighted by Gasteiger charge is -2.43. The Morgan fingerprint density at radius 2 is 1.90 bits per heavy atom. The number of nitrogens with zero attached hydrogens (tertiary/aromatic N) is 6. The molecule has 9 nitrogen and oxygen atoms in total. The van der Waals surface area contributed by atoms with Gasteiger partial charge in [-0.15, -0.1) is 0 Å². The van der Waals surface area contributed by atoms with Gasteiger partial charge < -0.3 is 24.7 Å². The minimum absolute atomic E-state index is 0.0353. The number of halogens is 1. The van der Waals surface area contributed by atoms with Crippen LogP contribution in [-0.2, 0) is 0 Å². The second-order valence-electron chi connectivity index (χ2n) is 11.7. The predicted molar refractivity (Wildman–Crippen MR) is 160 cm³/mol. The van der Waals surface area contributed by atoms with E-state index in [1.54, 1.807) is 18.3 Å². The minimum atomic E-state index is -0.701. The quantitative estimate of drug-likeness (QED) is 0.315. The zero-order valence-corrected chi connectivity index (χ0v) is 23.7. The van der Waals surface area contributed by atoms with E-state index in [4.69, 9.17) is 9.72 Å². The molecule has 0 saturated carbocycles. The molecule has 42 heavy (non-hydrogen) atoms. The maximum atomic E-state index is 16.6. The first-order valence-electron chi connectivity index (χ1n) is 14.7. The van der Waals surface area contributed by atoms with Crippen molar-refractivity contribution in [3.05, 3.63) is 61.1 Å². The number of anilines is 1. The van der Waals surface area contributed by atoms with Crippen LogP contribution in [0.15, 0.2) is 55.3 Å². The van der Waals surface area contributed by atoms with Crippen molar-refractivity contribution < 1.29 is 19.3 Å². The number of benzene rings is 2. The van der Waals surface area contributed by atoms with Crippen LogP contribution in [0.25, 0.3) is 32.9 Å². The van der Waals surface area contributed by atoms with E-state index in [-0.39, 0.29) is 41.1 Å². The lowest BCUT2D eigenvalue weighted by Crippen LogP contribution is -2.57. The summed E-state index contributed by atoms with van der Waals surface area (Å²) in [5.74, 6) is 0.0321. The molecule has 2 aromatic carbocycles. The van der Waals surface area contributed by atoms with Crippen molar-refractivity contribution in [2.24, 2.45) is 0 Å². The Kier molecular flexibility index (Phi) is 6.92. The molecule has 0 amide bonds. The van der Waals surface area contributed by atoms with Crippen LogP contribution in [0.2, 0.25) is 0 Å². The number of piperazine rings is 1. The van der Waals surface area contributed by atoms with Crippen LogP contribution >= 0.6 is 0 Å². The van der Waals surface area contributed by atoms with Crippen LogP contribution in [0.5, 0.6) is 11.8 Å². The van der Waals surface area contributed by atoms with Crippen LogP contribution in [-0.4, -0.2) is 92.6 Å². The first-order chi connectivity index (χ1) is 20.4. The molecule has 2 bridgehead atoms. The van der Waals surface area contributed by atoms with E-state index >= 15 is 4.39 Å². The molecule has 10 heteroatoms. The van der Waals surface area contributed by atoms with Gasteiger partial charge in [0.1, 0.15) is 35.6 Å². The molecule has 3 fully saturated rings. The van der Waals surface area contributed by atoms with E-state index in [2.05, 4.69) is 38.3 Å². The fourth-order valence-corrected chi connectivity index (χ4v) is 7.03. The van der Waals surface area contributed by atoms with Gasteiger partial charge in [-0.1, -0.05) is 30.8 Å². The third-order valence-corrected chi connectivity index (χ3v) is 9.18. The molecule has 3 aliphatic heterocycles. The Hall–Kier alpha value is -3.86. The second kappa shape index (κ2) is 10.8. The Bertz CT molecular complexity index is 1650. The maximum Gasteiger partial charge on any atom is 0.319 e. The molecule has 0 radical (unpaired) electrons. The number of likely N-dealkylation sites (N-methyl/N-ethyl adjacent to an activating group) is 1. The molecule has 4 atom stereocenters. The number of ether oxygens (including phenoxy) is 1. The SMILES string of the molecule is C=CC(O)N1C2CCC1CN(c1nc(OC[C@@H]3CCCN3C)nc3c(F)c(-c4cc(O)cc5ccccc45)ncc13)C2. The molecule has 3 saturated heterocycles. The van der Waals surface area contributed by atoms with E-state index in [1.165, 1.54) is 6.07 Å². The van der Waals surface area contributed by atoms with Crippen molar-refractivity contribution in [3.63, 3.8) is 0 Å². The van der Waals surface area contributed by atoms with Crippen LogP contribution < -0.4 is 9.64 Å². The zero-order chi connectivity index (χ0) is 29.0. The van der Waals surface area contributed by atoms with Gasteiger partial charge in [-0.3, -0.25) is 9.88 Å². The number of hydrogen-bond acceptors (Lipinski definition) is 9. The number of aliphatic hydroxyl groups is 1. The van der Waals surface area contributed by atoms with Crippen molar-refractivity contribution >= 4 is 27.5 Å². The first-order valence-corrected chi connectivity index (χ1v) is 14.7. The number of hydrogen-bond donors (Lipinski definition) is 2. The number of rotatable bonds is 7. The summed E-state index contributed by atoms with van der Waals surface area (Å²) in [6.07, 6.45) is 6.54. The van der Waals surface area contributed by atoms with E-state index < -0.39 is 12.0 Å². The van der Waals surface area contributed by atoms with E-state index in [9.17, 15) is 10.2 Å². The van der Waals surface area contributed by atoms with Crippen molar-refractivity contribution in [1.82, 2.24) is 24.8 Å². The topological polar surface area (TPSA) is 98.1 Å².